The summed E-state index contributed by atoms with van der Waals surface area (Å²) in [5, 5.41) is 3.06. The SMILES string of the molecule is NC1(CF)CCCNC1. The van der Waals surface area contributed by atoms with E-state index in [2.05, 4.69) is 5.32 Å². The number of halogens is 1. The first-order chi connectivity index (χ1) is 4.27. The minimum absolute atomic E-state index is 0.403. The van der Waals surface area contributed by atoms with Crippen molar-refractivity contribution >= 4 is 0 Å². The lowest BCUT2D eigenvalue weighted by Crippen LogP contribution is -2.54. The minimum atomic E-state index is -0.557. The third-order valence-electron chi connectivity index (χ3n) is 1.77. The molecule has 1 unspecified atom stereocenters. The van der Waals surface area contributed by atoms with E-state index in [0.717, 1.165) is 19.4 Å². The number of rotatable bonds is 1. The molecular weight excluding hydrogens is 119 g/mol. The second-order valence-corrected chi connectivity index (χ2v) is 2.78. The van der Waals surface area contributed by atoms with Gasteiger partial charge in [-0.3, -0.25) is 0 Å². The molecule has 0 aromatic carbocycles. The van der Waals surface area contributed by atoms with Crippen LogP contribution < -0.4 is 11.1 Å². The first kappa shape index (κ1) is 6.96. The maximum Gasteiger partial charge on any atom is 0.109 e. The fraction of sp³-hybridized carbons (Fsp3) is 1.00. The van der Waals surface area contributed by atoms with Gasteiger partial charge >= 0.3 is 0 Å². The average molecular weight is 132 g/mol. The summed E-state index contributed by atoms with van der Waals surface area (Å²) in [5.74, 6) is 0. The van der Waals surface area contributed by atoms with Gasteiger partial charge in [0.05, 0.1) is 5.54 Å². The molecule has 1 rings (SSSR count). The van der Waals surface area contributed by atoms with Crippen LogP contribution in [0.25, 0.3) is 0 Å². The second kappa shape index (κ2) is 2.62. The zero-order valence-corrected chi connectivity index (χ0v) is 5.49. The fourth-order valence-electron chi connectivity index (χ4n) is 1.11. The van der Waals surface area contributed by atoms with Crippen LogP contribution in [0.15, 0.2) is 0 Å². The Hall–Kier alpha value is -0.150. The molecular formula is C6H13FN2. The topological polar surface area (TPSA) is 38.0 Å². The molecule has 1 fully saturated rings. The van der Waals surface area contributed by atoms with Crippen LogP contribution in [0.3, 0.4) is 0 Å². The Bertz CT molecular complexity index is 89.1. The summed E-state index contributed by atoms with van der Waals surface area (Å²) in [7, 11) is 0. The molecule has 1 aliphatic heterocycles. The summed E-state index contributed by atoms with van der Waals surface area (Å²) < 4.78 is 12.1. The molecule has 1 aliphatic rings. The number of nitrogens with two attached hydrogens (primary N) is 1. The van der Waals surface area contributed by atoms with Gasteiger partial charge in [0.25, 0.3) is 0 Å². The van der Waals surface area contributed by atoms with Gasteiger partial charge in [0.1, 0.15) is 6.67 Å². The fourth-order valence-corrected chi connectivity index (χ4v) is 1.11. The molecule has 3 heteroatoms. The van der Waals surface area contributed by atoms with Crippen molar-refractivity contribution in [3.63, 3.8) is 0 Å². The maximum atomic E-state index is 12.1. The third-order valence-corrected chi connectivity index (χ3v) is 1.77. The Kier molecular flexibility index (Phi) is 2.03. The van der Waals surface area contributed by atoms with Gasteiger partial charge in [0.2, 0.25) is 0 Å². The molecule has 0 aromatic heterocycles. The highest BCUT2D eigenvalue weighted by atomic mass is 19.1. The van der Waals surface area contributed by atoms with E-state index in [0.29, 0.717) is 6.54 Å². The van der Waals surface area contributed by atoms with Crippen molar-refractivity contribution in [2.45, 2.75) is 18.4 Å². The van der Waals surface area contributed by atoms with E-state index in [4.69, 9.17) is 5.73 Å². The van der Waals surface area contributed by atoms with Crippen LogP contribution in [0.2, 0.25) is 0 Å². The predicted octanol–water partition coefficient (Wildman–Crippen LogP) is 0.0368. The van der Waals surface area contributed by atoms with Crippen LogP contribution in [0, 0.1) is 0 Å². The molecule has 0 aromatic rings. The molecule has 3 N–H and O–H groups in total. The number of nitrogens with one attached hydrogen (secondary N) is 1. The molecule has 0 radical (unpaired) electrons. The largest absolute Gasteiger partial charge is 0.322 e. The van der Waals surface area contributed by atoms with E-state index in [-0.39, 0.29) is 0 Å². The zero-order chi connectivity index (χ0) is 6.74. The first-order valence-corrected chi connectivity index (χ1v) is 3.32. The van der Waals surface area contributed by atoms with E-state index in [1.54, 1.807) is 0 Å². The highest BCUT2D eigenvalue weighted by Gasteiger charge is 2.26. The maximum absolute atomic E-state index is 12.1. The lowest BCUT2D eigenvalue weighted by Gasteiger charge is -2.30. The van der Waals surface area contributed by atoms with Gasteiger partial charge in [-0.2, -0.15) is 0 Å². The molecule has 1 heterocycles. The molecule has 0 bridgehead atoms. The quantitative estimate of drug-likeness (QED) is 0.528. The second-order valence-electron chi connectivity index (χ2n) is 2.78. The van der Waals surface area contributed by atoms with Gasteiger partial charge in [-0.15, -0.1) is 0 Å². The predicted molar refractivity (Wildman–Crippen MR) is 35.0 cm³/mol. The van der Waals surface area contributed by atoms with Crippen molar-refractivity contribution in [3.8, 4) is 0 Å². The van der Waals surface area contributed by atoms with Gasteiger partial charge < -0.3 is 11.1 Å². The lowest BCUT2D eigenvalue weighted by atomic mass is 9.93. The van der Waals surface area contributed by atoms with Crippen molar-refractivity contribution < 1.29 is 4.39 Å². The van der Waals surface area contributed by atoms with Crippen molar-refractivity contribution in [1.82, 2.24) is 5.32 Å². The third kappa shape index (κ3) is 1.63. The summed E-state index contributed by atoms with van der Waals surface area (Å²) in [4.78, 5) is 0. The molecule has 1 saturated heterocycles. The number of hydrogen-bond donors (Lipinski definition) is 2. The van der Waals surface area contributed by atoms with Crippen LogP contribution in [-0.2, 0) is 0 Å². The Balaban J connectivity index is 2.37. The van der Waals surface area contributed by atoms with Crippen LogP contribution in [-0.4, -0.2) is 25.3 Å². The number of alkyl halides is 1. The summed E-state index contributed by atoms with van der Waals surface area (Å²) in [5.41, 5.74) is 5.06. The first-order valence-electron chi connectivity index (χ1n) is 3.32. The van der Waals surface area contributed by atoms with Gasteiger partial charge in [-0.1, -0.05) is 0 Å². The normalized spacial score (nSPS) is 36.7. The molecule has 9 heavy (non-hydrogen) atoms. The van der Waals surface area contributed by atoms with Gasteiger partial charge in [0, 0.05) is 6.54 Å². The molecule has 2 nitrogen and oxygen atoms in total. The summed E-state index contributed by atoms with van der Waals surface area (Å²) >= 11 is 0. The Morgan fingerprint density at radius 2 is 2.44 bits per heavy atom. The lowest BCUT2D eigenvalue weighted by molar-refractivity contribution is 0.246. The Morgan fingerprint density at radius 3 is 2.78 bits per heavy atom. The molecule has 54 valence electrons. The summed E-state index contributed by atoms with van der Waals surface area (Å²) in [6, 6.07) is 0. The van der Waals surface area contributed by atoms with E-state index >= 15 is 0 Å². The molecule has 0 spiro atoms. The standard InChI is InChI=1S/C6H13FN2/c7-4-6(8)2-1-3-9-5-6/h9H,1-5,8H2. The molecule has 0 aliphatic carbocycles. The van der Waals surface area contributed by atoms with Crippen molar-refractivity contribution in [2.24, 2.45) is 5.73 Å². The van der Waals surface area contributed by atoms with Crippen molar-refractivity contribution in [1.29, 1.82) is 0 Å². The highest BCUT2D eigenvalue weighted by Crippen LogP contribution is 2.12. The van der Waals surface area contributed by atoms with E-state index in [1.165, 1.54) is 0 Å². The molecule has 1 atom stereocenters. The zero-order valence-electron chi connectivity index (χ0n) is 5.49. The van der Waals surface area contributed by atoms with Gasteiger partial charge in [-0.05, 0) is 19.4 Å². The number of piperidine rings is 1. The average Bonchev–Trinajstić information content (AvgIpc) is 1.90. The summed E-state index contributed by atoms with van der Waals surface area (Å²) in [6.45, 7) is 1.21. The molecule has 0 amide bonds. The van der Waals surface area contributed by atoms with Gasteiger partial charge in [0.15, 0.2) is 0 Å². The van der Waals surface area contributed by atoms with Crippen LogP contribution in [0.5, 0.6) is 0 Å². The Morgan fingerprint density at radius 1 is 1.67 bits per heavy atom. The van der Waals surface area contributed by atoms with Crippen molar-refractivity contribution in [2.75, 3.05) is 19.8 Å². The minimum Gasteiger partial charge on any atom is -0.322 e. The number of hydrogen-bond acceptors (Lipinski definition) is 2. The van der Waals surface area contributed by atoms with E-state index in [9.17, 15) is 4.39 Å². The highest BCUT2D eigenvalue weighted by molar-refractivity contribution is 4.89. The summed E-state index contributed by atoms with van der Waals surface area (Å²) in [6.07, 6.45) is 1.82. The van der Waals surface area contributed by atoms with Crippen LogP contribution >= 0.6 is 0 Å². The van der Waals surface area contributed by atoms with E-state index in [1.807, 2.05) is 0 Å². The van der Waals surface area contributed by atoms with Gasteiger partial charge in [-0.25, -0.2) is 4.39 Å². The van der Waals surface area contributed by atoms with E-state index < -0.39 is 12.2 Å². The smallest absolute Gasteiger partial charge is 0.109 e. The monoisotopic (exact) mass is 132 g/mol. The van der Waals surface area contributed by atoms with Crippen molar-refractivity contribution in [3.05, 3.63) is 0 Å². The Labute approximate surface area is 54.6 Å². The van der Waals surface area contributed by atoms with Crippen LogP contribution in [0.4, 0.5) is 4.39 Å². The van der Waals surface area contributed by atoms with Crippen LogP contribution in [0.1, 0.15) is 12.8 Å². The molecule has 0 saturated carbocycles.